The molecular weight excluding hydrogens is 470 g/mol. The Morgan fingerprint density at radius 1 is 0.971 bits per heavy atom. The minimum Gasteiger partial charge on any atom is -0.481 e. The third-order valence-electron chi connectivity index (χ3n) is 7.00. The number of rotatable bonds is 5. The van der Waals surface area contributed by atoms with Crippen LogP contribution in [0, 0.1) is 20.8 Å². The first kappa shape index (κ1) is 23.7. The molecule has 0 amide bonds. The Hall–Kier alpha value is -3.02. The zero-order valence-electron chi connectivity index (χ0n) is 20.7. The highest BCUT2D eigenvalue weighted by Gasteiger charge is 2.35. The molecule has 35 heavy (non-hydrogen) atoms. The normalized spacial score (nSPS) is 14.5. The minimum absolute atomic E-state index is 0.00548. The van der Waals surface area contributed by atoms with E-state index in [0.717, 1.165) is 33.5 Å². The highest BCUT2D eigenvalue weighted by atomic mass is 32.2. The van der Waals surface area contributed by atoms with Crippen LogP contribution in [0.25, 0.3) is 32.7 Å². The summed E-state index contributed by atoms with van der Waals surface area (Å²) in [6.45, 7) is 8.59. The summed E-state index contributed by atoms with van der Waals surface area (Å²) in [6, 6.07) is 21.5. The molecule has 0 spiro atoms. The lowest BCUT2D eigenvalue weighted by atomic mass is 9.81. The summed E-state index contributed by atoms with van der Waals surface area (Å²) in [4.78, 5) is 14.6. The second-order valence-corrected chi connectivity index (χ2v) is 11.0. The summed E-state index contributed by atoms with van der Waals surface area (Å²) in [5.41, 5.74) is 11.3. The average molecular weight is 500 g/mol. The molecule has 3 nitrogen and oxygen atoms in total. The molecule has 178 valence electrons. The molecule has 4 aromatic rings. The molecule has 0 radical (unpaired) electrons. The number of thiophene rings is 1. The molecule has 1 unspecified atom stereocenters. The van der Waals surface area contributed by atoms with E-state index in [2.05, 4.69) is 98.9 Å². The van der Waals surface area contributed by atoms with E-state index in [1.165, 1.54) is 32.0 Å². The molecule has 1 aliphatic heterocycles. The first-order valence-corrected chi connectivity index (χ1v) is 13.8. The molecule has 0 saturated heterocycles. The number of aryl methyl sites for hydroxylation is 1. The van der Waals surface area contributed by atoms with Gasteiger partial charge in [-0.3, -0.25) is 4.79 Å². The van der Waals surface area contributed by atoms with Gasteiger partial charge in [-0.2, -0.15) is 0 Å². The predicted molar refractivity (Wildman–Crippen MR) is 151 cm³/mol. The zero-order chi connectivity index (χ0) is 24.9. The number of carboxylic acid groups (broad SMARTS) is 1. The van der Waals surface area contributed by atoms with Crippen molar-refractivity contribution in [3.8, 4) is 32.7 Å². The fourth-order valence-corrected chi connectivity index (χ4v) is 7.45. The Kier molecular flexibility index (Phi) is 6.24. The van der Waals surface area contributed by atoms with Gasteiger partial charge >= 0.3 is 5.97 Å². The van der Waals surface area contributed by atoms with Crippen molar-refractivity contribution in [2.24, 2.45) is 0 Å². The molecule has 1 N–H and O–H groups in total. The van der Waals surface area contributed by atoms with Crippen LogP contribution in [0.1, 0.15) is 40.1 Å². The lowest BCUT2D eigenvalue weighted by Crippen LogP contribution is -2.25. The van der Waals surface area contributed by atoms with Crippen molar-refractivity contribution < 1.29 is 9.90 Å². The maximum atomic E-state index is 12.0. The maximum Gasteiger partial charge on any atom is 0.307 e. The van der Waals surface area contributed by atoms with Gasteiger partial charge in [0.1, 0.15) is 0 Å². The first-order chi connectivity index (χ1) is 16.8. The van der Waals surface area contributed by atoms with E-state index in [1.54, 1.807) is 11.9 Å². The Bertz CT molecular complexity index is 1420. The van der Waals surface area contributed by atoms with Crippen LogP contribution in [0.5, 0.6) is 0 Å². The summed E-state index contributed by atoms with van der Waals surface area (Å²) < 4.78 is 2.37. The second kappa shape index (κ2) is 9.21. The number of benzene rings is 3. The maximum absolute atomic E-state index is 12.0. The molecule has 5 heteroatoms. The van der Waals surface area contributed by atoms with Gasteiger partial charge in [-0.1, -0.05) is 72.1 Å². The largest absolute Gasteiger partial charge is 0.481 e. The summed E-state index contributed by atoms with van der Waals surface area (Å²) in [5, 5.41) is 9.85. The van der Waals surface area contributed by atoms with E-state index in [4.69, 9.17) is 0 Å². The minimum atomic E-state index is -0.803. The summed E-state index contributed by atoms with van der Waals surface area (Å²) in [7, 11) is 0. The van der Waals surface area contributed by atoms with Crippen molar-refractivity contribution in [3.63, 3.8) is 0 Å². The van der Waals surface area contributed by atoms with Crippen LogP contribution in [0.3, 0.4) is 0 Å². The Morgan fingerprint density at radius 2 is 1.66 bits per heavy atom. The second-order valence-electron chi connectivity index (χ2n) is 9.20. The van der Waals surface area contributed by atoms with Crippen molar-refractivity contribution in [1.29, 1.82) is 0 Å². The molecule has 0 aliphatic carbocycles. The molecular formula is C30H29NO2S2. The lowest BCUT2D eigenvalue weighted by molar-refractivity contribution is -0.136. The van der Waals surface area contributed by atoms with Gasteiger partial charge in [0.2, 0.25) is 0 Å². The summed E-state index contributed by atoms with van der Waals surface area (Å²) in [6.07, 6.45) is 2.11. The van der Waals surface area contributed by atoms with Crippen molar-refractivity contribution in [2.45, 2.75) is 40.2 Å². The SMILES string of the molecule is CSN1c2c(C)c(CC(=O)O)c(-c3ccc(C)cc3)c(C)c2-c2cc(-c3ccccc3)sc2C1C. The monoisotopic (exact) mass is 499 g/mol. The topological polar surface area (TPSA) is 40.5 Å². The van der Waals surface area contributed by atoms with Crippen LogP contribution in [0.2, 0.25) is 0 Å². The Balaban J connectivity index is 1.85. The number of hydrogen-bond donors (Lipinski definition) is 1. The third kappa shape index (κ3) is 3.97. The van der Waals surface area contributed by atoms with Crippen LogP contribution >= 0.6 is 23.3 Å². The number of fused-ring (bicyclic) bond motifs is 3. The Morgan fingerprint density at radius 3 is 2.29 bits per heavy atom. The average Bonchev–Trinajstić information content (AvgIpc) is 3.29. The molecule has 0 bridgehead atoms. The van der Waals surface area contributed by atoms with Gasteiger partial charge in [-0.15, -0.1) is 11.3 Å². The van der Waals surface area contributed by atoms with Gasteiger partial charge in [0.05, 0.1) is 18.2 Å². The predicted octanol–water partition coefficient (Wildman–Crippen LogP) is 8.46. The molecule has 0 saturated carbocycles. The number of aliphatic carboxylic acids is 1. The quantitative estimate of drug-likeness (QED) is 0.280. The summed E-state index contributed by atoms with van der Waals surface area (Å²) in [5.74, 6) is -0.803. The van der Waals surface area contributed by atoms with Gasteiger partial charge in [0.25, 0.3) is 0 Å². The molecule has 5 rings (SSSR count). The molecule has 3 aromatic carbocycles. The van der Waals surface area contributed by atoms with Crippen LogP contribution in [-0.4, -0.2) is 17.3 Å². The van der Waals surface area contributed by atoms with E-state index in [9.17, 15) is 9.90 Å². The number of carbonyl (C=O) groups is 1. The van der Waals surface area contributed by atoms with Gasteiger partial charge < -0.3 is 9.41 Å². The smallest absolute Gasteiger partial charge is 0.307 e. The highest BCUT2D eigenvalue weighted by Crippen LogP contribution is 2.56. The molecule has 0 fully saturated rings. The number of anilines is 1. The van der Waals surface area contributed by atoms with Gasteiger partial charge in [0.15, 0.2) is 0 Å². The molecule has 1 atom stereocenters. The highest BCUT2D eigenvalue weighted by molar-refractivity contribution is 8.00. The summed E-state index contributed by atoms with van der Waals surface area (Å²) >= 11 is 3.58. The van der Waals surface area contributed by atoms with Crippen LogP contribution < -0.4 is 4.31 Å². The molecule has 2 heterocycles. The standard InChI is InChI=1S/C30H29NO2S2/c1-17-11-13-22(14-12-17)27-19(3)28-24-15-25(21-9-7-6-8-10-21)35-30(24)20(4)31(34-5)29(28)18(2)23(27)16-26(32)33/h6-15,20H,16H2,1-5H3,(H,32,33). The lowest BCUT2D eigenvalue weighted by Gasteiger charge is -2.38. The van der Waals surface area contributed by atoms with Gasteiger partial charge in [-0.05, 0) is 67.1 Å². The van der Waals surface area contributed by atoms with Crippen molar-refractivity contribution >= 4 is 34.9 Å². The number of hydrogen-bond acceptors (Lipinski definition) is 4. The Labute approximate surface area is 215 Å². The number of carboxylic acids is 1. The van der Waals surface area contributed by atoms with E-state index in [0.29, 0.717) is 0 Å². The fraction of sp³-hybridized carbons (Fsp3) is 0.233. The molecule has 1 aliphatic rings. The van der Waals surface area contributed by atoms with Crippen LogP contribution in [-0.2, 0) is 11.2 Å². The number of nitrogens with zero attached hydrogens (tertiary/aromatic N) is 1. The van der Waals surface area contributed by atoms with Crippen molar-refractivity contribution in [1.82, 2.24) is 0 Å². The van der Waals surface area contributed by atoms with E-state index < -0.39 is 5.97 Å². The van der Waals surface area contributed by atoms with E-state index in [-0.39, 0.29) is 12.5 Å². The van der Waals surface area contributed by atoms with Crippen molar-refractivity contribution in [2.75, 3.05) is 10.6 Å². The van der Waals surface area contributed by atoms with E-state index in [1.807, 2.05) is 11.3 Å². The van der Waals surface area contributed by atoms with Crippen LogP contribution in [0.4, 0.5) is 5.69 Å². The van der Waals surface area contributed by atoms with Gasteiger partial charge in [0, 0.05) is 27.1 Å². The van der Waals surface area contributed by atoms with Crippen LogP contribution in [0.15, 0.2) is 60.7 Å². The van der Waals surface area contributed by atoms with Gasteiger partial charge in [-0.25, -0.2) is 0 Å². The fourth-order valence-electron chi connectivity index (χ4n) is 5.34. The first-order valence-electron chi connectivity index (χ1n) is 11.8. The zero-order valence-corrected chi connectivity index (χ0v) is 22.3. The van der Waals surface area contributed by atoms with Crippen molar-refractivity contribution in [3.05, 3.63) is 87.8 Å². The third-order valence-corrected chi connectivity index (χ3v) is 9.25. The molecule has 1 aromatic heterocycles. The van der Waals surface area contributed by atoms with E-state index >= 15 is 0 Å².